The van der Waals surface area contributed by atoms with E-state index in [9.17, 15) is 0 Å². The van der Waals surface area contributed by atoms with Crippen molar-refractivity contribution < 1.29 is 0 Å². The van der Waals surface area contributed by atoms with Gasteiger partial charge in [0, 0.05) is 17.1 Å². The number of hydrogen-bond donors (Lipinski definition) is 0. The first-order valence-corrected chi connectivity index (χ1v) is 22.5. The van der Waals surface area contributed by atoms with E-state index in [0.29, 0.717) is 0 Å². The molecule has 0 bridgehead atoms. The van der Waals surface area contributed by atoms with Gasteiger partial charge in [0.05, 0.1) is 10.8 Å². The van der Waals surface area contributed by atoms with Crippen molar-refractivity contribution in [1.29, 1.82) is 0 Å². The average Bonchev–Trinajstić information content (AvgIpc) is 3.66. The van der Waals surface area contributed by atoms with Crippen LogP contribution in [0, 0.1) is 0 Å². The van der Waals surface area contributed by atoms with E-state index < -0.39 is 10.8 Å². The van der Waals surface area contributed by atoms with E-state index in [-0.39, 0.29) is 0 Å². The second-order valence-corrected chi connectivity index (χ2v) is 17.3. The third-order valence-electron chi connectivity index (χ3n) is 14.2. The zero-order valence-corrected chi connectivity index (χ0v) is 35.3. The van der Waals surface area contributed by atoms with Crippen LogP contribution in [0.1, 0.15) is 64.6 Å². The Hall–Kier alpha value is -7.48. The van der Waals surface area contributed by atoms with Gasteiger partial charge in [-0.05, 0) is 134 Å². The average molecular weight is 806 g/mol. The van der Waals surface area contributed by atoms with Gasteiger partial charge < -0.3 is 4.90 Å². The summed E-state index contributed by atoms with van der Waals surface area (Å²) < 4.78 is 0. The lowest BCUT2D eigenvalue weighted by atomic mass is 9.50. The van der Waals surface area contributed by atoms with Gasteiger partial charge in [0.2, 0.25) is 0 Å². The van der Waals surface area contributed by atoms with Crippen molar-refractivity contribution >= 4 is 22.6 Å². The van der Waals surface area contributed by atoms with Crippen molar-refractivity contribution in [2.75, 3.05) is 4.90 Å². The summed E-state index contributed by atoms with van der Waals surface area (Å²) in [6.07, 6.45) is 15.9. The molecule has 0 heterocycles. The van der Waals surface area contributed by atoms with Crippen LogP contribution in [-0.4, -0.2) is 0 Å². The lowest BCUT2D eigenvalue weighted by molar-refractivity contribution is 0.578. The molecule has 0 saturated heterocycles. The fraction of sp³-hybridized carbons (Fsp3) is 0.0968. The molecule has 0 saturated carbocycles. The Balaban J connectivity index is 1.03. The predicted octanol–water partition coefficient (Wildman–Crippen LogP) is 15.9. The largest absolute Gasteiger partial charge is 0.310 e. The number of benzene rings is 8. The van der Waals surface area contributed by atoms with Gasteiger partial charge in [-0.15, -0.1) is 0 Å². The van der Waals surface area contributed by atoms with Gasteiger partial charge in [-0.1, -0.05) is 206 Å². The molecular formula is C62H47N. The third-order valence-corrected chi connectivity index (χ3v) is 14.2. The van der Waals surface area contributed by atoms with Crippen LogP contribution in [0.2, 0.25) is 0 Å². The molecule has 8 aromatic carbocycles. The monoisotopic (exact) mass is 805 g/mol. The minimum absolute atomic E-state index is 0.418. The van der Waals surface area contributed by atoms with Gasteiger partial charge in [-0.25, -0.2) is 0 Å². The lowest BCUT2D eigenvalue weighted by Crippen LogP contribution is -2.45. The number of allylic oxidation sites excluding steroid dienone is 8. The van der Waals surface area contributed by atoms with Gasteiger partial charge in [0.1, 0.15) is 0 Å². The number of rotatable bonds is 7. The first-order chi connectivity index (χ1) is 31.3. The summed E-state index contributed by atoms with van der Waals surface area (Å²) in [5.41, 5.74) is 21.4. The highest BCUT2D eigenvalue weighted by atomic mass is 15.1. The van der Waals surface area contributed by atoms with Crippen molar-refractivity contribution in [2.24, 2.45) is 0 Å². The molecule has 63 heavy (non-hydrogen) atoms. The Morgan fingerprint density at radius 2 is 0.873 bits per heavy atom. The summed E-state index contributed by atoms with van der Waals surface area (Å²) in [5.74, 6) is 0. The zero-order valence-electron chi connectivity index (χ0n) is 35.3. The highest BCUT2D eigenvalue weighted by Crippen LogP contribution is 2.66. The first kappa shape index (κ1) is 37.3. The van der Waals surface area contributed by atoms with Crippen LogP contribution in [0.15, 0.2) is 248 Å². The molecule has 0 fully saturated rings. The van der Waals surface area contributed by atoms with Crippen molar-refractivity contribution in [3.63, 3.8) is 0 Å². The van der Waals surface area contributed by atoms with E-state index in [1.165, 1.54) is 77.9 Å². The Bertz CT molecular complexity index is 3080. The number of para-hydroxylation sites is 1. The predicted molar refractivity (Wildman–Crippen MR) is 263 cm³/mol. The van der Waals surface area contributed by atoms with Gasteiger partial charge in [0.15, 0.2) is 0 Å². The minimum Gasteiger partial charge on any atom is -0.310 e. The molecule has 0 aliphatic heterocycles. The molecule has 0 N–H and O–H groups in total. The normalized spacial score (nSPS) is 19.2. The third kappa shape index (κ3) is 5.69. The van der Waals surface area contributed by atoms with Crippen LogP contribution < -0.4 is 4.90 Å². The molecule has 0 amide bonds. The Morgan fingerprint density at radius 3 is 1.48 bits per heavy atom. The minimum atomic E-state index is -0.431. The Labute approximate surface area is 371 Å². The van der Waals surface area contributed by atoms with Crippen molar-refractivity contribution in [2.45, 2.75) is 36.5 Å². The van der Waals surface area contributed by atoms with Crippen molar-refractivity contribution in [1.82, 2.24) is 0 Å². The van der Waals surface area contributed by atoms with Gasteiger partial charge in [-0.3, -0.25) is 0 Å². The van der Waals surface area contributed by atoms with Crippen LogP contribution in [0.3, 0.4) is 0 Å². The summed E-state index contributed by atoms with van der Waals surface area (Å²) in [5, 5.41) is 0. The van der Waals surface area contributed by atoms with Crippen LogP contribution in [0.25, 0.3) is 27.8 Å². The summed E-state index contributed by atoms with van der Waals surface area (Å²) >= 11 is 0. The summed E-state index contributed by atoms with van der Waals surface area (Å²) in [6.45, 7) is 0. The summed E-state index contributed by atoms with van der Waals surface area (Å²) in [7, 11) is 0. The molecule has 12 rings (SSSR count). The van der Waals surface area contributed by atoms with E-state index in [1.807, 2.05) is 0 Å². The fourth-order valence-corrected chi connectivity index (χ4v) is 11.6. The van der Waals surface area contributed by atoms with Gasteiger partial charge >= 0.3 is 0 Å². The van der Waals surface area contributed by atoms with Crippen LogP contribution in [0.4, 0.5) is 17.1 Å². The van der Waals surface area contributed by atoms with E-state index in [4.69, 9.17) is 0 Å². The Morgan fingerprint density at radius 1 is 0.381 bits per heavy atom. The number of nitrogens with zero attached hydrogens (tertiary/aromatic N) is 1. The molecule has 0 atom stereocenters. The number of fused-ring (bicyclic) bond motifs is 8. The molecule has 1 spiro atoms. The van der Waals surface area contributed by atoms with Gasteiger partial charge in [-0.2, -0.15) is 0 Å². The molecule has 1 heteroatoms. The molecule has 1 nitrogen and oxygen atoms in total. The van der Waals surface area contributed by atoms with Crippen LogP contribution >= 0.6 is 0 Å². The maximum absolute atomic E-state index is 2.48. The van der Waals surface area contributed by atoms with Crippen LogP contribution in [0.5, 0.6) is 0 Å². The topological polar surface area (TPSA) is 3.24 Å². The lowest BCUT2D eigenvalue weighted by Gasteiger charge is -2.51. The smallest absolute Gasteiger partial charge is 0.0683 e. The standard InChI is InChI=1S/C62H47N/c1-5-19-44(20-6-1)45-33-35-46(36-34-45)47-37-39-51(40-38-47)63(50-25-11-4-12-26-50)52-41-42-56-54(43-52)53-27-13-14-28-55(53)62(56)59-31-17-15-29-57(59)61(48-21-7-2-8-22-48,49-23-9-3-10-24-49)58-30-16-18-32-60(58)62/h1-9,11-13,15-23,25-27,29-43H,10,14,24,28H2. The maximum atomic E-state index is 2.48. The second-order valence-electron chi connectivity index (χ2n) is 17.3. The quantitative estimate of drug-likeness (QED) is 0.155. The SMILES string of the molecule is C1=CCCC(C2(c3ccccc3)c3ccccc3C3(C4=C(C=CCC4)c4cc(N(c5ccccc5)c5ccc(-c6ccc(-c7ccccc7)cc6)cc5)ccc43)c3ccccc32)=C1. The maximum Gasteiger partial charge on any atom is 0.0683 e. The van der Waals surface area contributed by atoms with Gasteiger partial charge in [0.25, 0.3) is 0 Å². The molecule has 0 aromatic heterocycles. The first-order valence-electron chi connectivity index (χ1n) is 22.5. The molecule has 8 aromatic rings. The van der Waals surface area contributed by atoms with Crippen molar-refractivity contribution in [3.8, 4) is 22.3 Å². The number of anilines is 3. The molecule has 0 unspecified atom stereocenters. The van der Waals surface area contributed by atoms with E-state index in [0.717, 1.165) is 42.7 Å². The van der Waals surface area contributed by atoms with E-state index in [1.54, 1.807) is 0 Å². The second kappa shape index (κ2) is 15.2. The highest BCUT2D eigenvalue weighted by molar-refractivity contribution is 5.95. The van der Waals surface area contributed by atoms with Crippen molar-refractivity contribution in [3.05, 3.63) is 287 Å². The molecule has 4 aliphatic rings. The van der Waals surface area contributed by atoms with E-state index in [2.05, 4.69) is 242 Å². The highest BCUT2D eigenvalue weighted by Gasteiger charge is 2.57. The molecule has 4 aliphatic carbocycles. The summed E-state index contributed by atoms with van der Waals surface area (Å²) in [6, 6.07) is 77.0. The Kier molecular flexibility index (Phi) is 8.97. The summed E-state index contributed by atoms with van der Waals surface area (Å²) in [4.78, 5) is 2.42. The zero-order chi connectivity index (χ0) is 41.8. The molecular weight excluding hydrogens is 759 g/mol. The fourth-order valence-electron chi connectivity index (χ4n) is 11.6. The van der Waals surface area contributed by atoms with Crippen LogP contribution in [-0.2, 0) is 10.8 Å². The molecule has 0 radical (unpaired) electrons. The number of hydrogen-bond acceptors (Lipinski definition) is 1. The van der Waals surface area contributed by atoms with E-state index >= 15 is 0 Å². The molecule has 300 valence electrons.